The molecular weight excluding hydrogens is 1220 g/mol. The van der Waals surface area contributed by atoms with Crippen LogP contribution in [-0.2, 0) is 31.5 Å². The lowest BCUT2D eigenvalue weighted by molar-refractivity contribution is 0.0144. The Morgan fingerprint density at radius 1 is 0.579 bits per heavy atom. The largest absolute Gasteiger partial charge is 0.444 e. The summed E-state index contributed by atoms with van der Waals surface area (Å²) in [6.45, 7) is 19.1. The van der Waals surface area contributed by atoms with Crippen LogP contribution in [0.15, 0.2) is 146 Å². The number of nitrogens with two attached hydrogens (primary N) is 2. The maximum Gasteiger partial charge on any atom is 0.410 e. The van der Waals surface area contributed by atoms with Crippen LogP contribution in [-0.4, -0.2) is 99.3 Å². The van der Waals surface area contributed by atoms with Gasteiger partial charge in [0.05, 0.1) is 17.8 Å². The van der Waals surface area contributed by atoms with Crippen LogP contribution in [0.5, 0.6) is 0 Å². The number of benzene rings is 4. The average molecular weight is 1310 g/mol. The molecule has 0 aliphatic carbocycles. The molecule has 0 spiro atoms. The van der Waals surface area contributed by atoms with E-state index in [1.165, 1.54) is 18.5 Å². The first-order valence-electron chi connectivity index (χ1n) is 32.1. The number of rotatable bonds is 15. The second kappa shape index (κ2) is 32.0. The van der Waals surface area contributed by atoms with Crippen LogP contribution in [0.3, 0.4) is 0 Å². The number of carbonyl (C=O) groups is 6. The summed E-state index contributed by atoms with van der Waals surface area (Å²) >= 11 is 0. The van der Waals surface area contributed by atoms with E-state index in [4.69, 9.17) is 35.8 Å². The lowest BCUT2D eigenvalue weighted by atomic mass is 10.1. The molecule has 2 unspecified atom stereocenters. The van der Waals surface area contributed by atoms with Gasteiger partial charge >= 0.3 is 12.2 Å². The van der Waals surface area contributed by atoms with Gasteiger partial charge < -0.3 is 30.9 Å². The number of amides is 4. The molecule has 2 saturated heterocycles. The van der Waals surface area contributed by atoms with E-state index in [1.54, 1.807) is 95.0 Å². The monoisotopic (exact) mass is 1310 g/mol. The Bertz CT molecular complexity index is 3970. The maximum atomic E-state index is 13.1. The van der Waals surface area contributed by atoms with E-state index in [9.17, 15) is 33.3 Å². The Hall–Kier alpha value is -9.63. The van der Waals surface area contributed by atoms with Crippen molar-refractivity contribution < 1.29 is 47.4 Å². The van der Waals surface area contributed by atoms with Crippen LogP contribution in [0, 0.1) is 0 Å². The third kappa shape index (κ3) is 18.6. The van der Waals surface area contributed by atoms with Crippen molar-refractivity contribution in [3.8, 4) is 22.5 Å². The molecule has 0 radical (unpaired) electrons. The number of ketones is 2. The van der Waals surface area contributed by atoms with Gasteiger partial charge in [-0.1, -0.05) is 100 Å². The van der Waals surface area contributed by atoms with Crippen molar-refractivity contribution in [1.29, 1.82) is 0 Å². The van der Waals surface area contributed by atoms with Crippen LogP contribution in [0.2, 0.25) is 0 Å². The van der Waals surface area contributed by atoms with Crippen molar-refractivity contribution in [3.63, 3.8) is 0 Å². The van der Waals surface area contributed by atoms with E-state index in [1.807, 2.05) is 116 Å². The van der Waals surface area contributed by atoms with Crippen LogP contribution >= 0.6 is 7.37 Å². The SMILES string of the molecule is CCc1ccnc(NC(=O)c2ccc(-c3nc(C4CCCCCN4C(=O)OC(C)(C)C)[nH]c3C(C)=O)cc2)c1.CCc1ccnc(NC(=O)c2ccc(-c3nc(C4CCCCCN4C(=O)OC(C)(C)C)n(N)c3C(C)=O)cc2)c1.NOP(=O)(c1ccccc1)c1ccccc1. The van der Waals surface area contributed by atoms with Crippen molar-refractivity contribution in [2.24, 2.45) is 5.90 Å². The van der Waals surface area contributed by atoms with E-state index >= 15 is 0 Å². The molecule has 2 aliphatic rings. The van der Waals surface area contributed by atoms with Crippen molar-refractivity contribution in [2.45, 2.75) is 157 Å². The van der Waals surface area contributed by atoms with Crippen LogP contribution in [0.1, 0.15) is 197 Å². The zero-order valence-corrected chi connectivity index (χ0v) is 56.7. The third-order valence-electron chi connectivity index (χ3n) is 15.9. The molecular formula is C72H87N12O10P. The Kier molecular flexibility index (Phi) is 24.0. The number of nitrogens with one attached hydrogen (secondary N) is 3. The maximum absolute atomic E-state index is 13.1. The second-order valence-corrected chi connectivity index (χ2v) is 27.6. The number of anilines is 2. The number of nitrogens with zero attached hydrogens (tertiary/aromatic N) is 7. The number of ether oxygens (including phenoxy) is 2. The van der Waals surface area contributed by atoms with Crippen LogP contribution < -0.4 is 33.0 Å². The first-order valence-corrected chi connectivity index (χ1v) is 33.8. The molecule has 4 amide bonds. The van der Waals surface area contributed by atoms with Crippen molar-refractivity contribution >= 4 is 65.2 Å². The lowest BCUT2D eigenvalue weighted by Gasteiger charge is -2.31. The quantitative estimate of drug-likeness (QED) is 0.0276. The molecule has 6 heterocycles. The molecule has 500 valence electrons. The van der Waals surface area contributed by atoms with E-state index in [2.05, 4.69) is 25.6 Å². The van der Waals surface area contributed by atoms with Gasteiger partial charge in [-0.05, 0) is 164 Å². The number of Topliss-reactive ketones (excluding diaryl/α,β-unsaturated/α-hetero) is 2. The zero-order valence-electron chi connectivity index (χ0n) is 55.8. The van der Waals surface area contributed by atoms with Gasteiger partial charge in [0.1, 0.15) is 45.7 Å². The number of aromatic nitrogens is 6. The highest BCUT2D eigenvalue weighted by Crippen LogP contribution is 2.42. The number of carbonyl (C=O) groups excluding carboxylic acids is 6. The summed E-state index contributed by atoms with van der Waals surface area (Å²) in [5.41, 5.74) is 4.63. The molecule has 7 N–H and O–H groups in total. The molecule has 22 nitrogen and oxygen atoms in total. The molecule has 4 aromatic heterocycles. The van der Waals surface area contributed by atoms with Crippen LogP contribution in [0.4, 0.5) is 21.2 Å². The Morgan fingerprint density at radius 2 is 1.02 bits per heavy atom. The number of H-pyrrole nitrogens is 1. The summed E-state index contributed by atoms with van der Waals surface area (Å²) < 4.78 is 30.1. The smallest absolute Gasteiger partial charge is 0.410 e. The van der Waals surface area contributed by atoms with E-state index < -0.39 is 30.7 Å². The fourth-order valence-electron chi connectivity index (χ4n) is 11.1. The van der Waals surface area contributed by atoms with Gasteiger partial charge in [0, 0.05) is 72.2 Å². The molecule has 2 aliphatic heterocycles. The molecule has 95 heavy (non-hydrogen) atoms. The minimum Gasteiger partial charge on any atom is -0.444 e. The first-order chi connectivity index (χ1) is 45.3. The first kappa shape index (κ1) is 71.2. The minimum atomic E-state index is -3.13. The predicted molar refractivity (Wildman–Crippen MR) is 368 cm³/mol. The van der Waals surface area contributed by atoms with E-state index in [0.717, 1.165) is 68.9 Å². The topological polar surface area (TPSA) is 302 Å². The molecule has 10 rings (SSSR count). The van der Waals surface area contributed by atoms with Gasteiger partial charge in [0.15, 0.2) is 17.4 Å². The summed E-state index contributed by atoms with van der Waals surface area (Å²) in [7, 11) is -3.13. The van der Waals surface area contributed by atoms with Gasteiger partial charge in [0.25, 0.3) is 19.2 Å². The fourth-order valence-corrected chi connectivity index (χ4v) is 12.7. The number of imidazole rings is 2. The Morgan fingerprint density at radius 3 is 1.44 bits per heavy atom. The summed E-state index contributed by atoms with van der Waals surface area (Å²) in [4.78, 5) is 102. The molecule has 0 saturated carbocycles. The minimum absolute atomic E-state index is 0.162. The highest BCUT2D eigenvalue weighted by Gasteiger charge is 2.37. The van der Waals surface area contributed by atoms with E-state index in [-0.39, 0.29) is 41.2 Å². The lowest BCUT2D eigenvalue weighted by Crippen LogP contribution is -2.40. The second-order valence-electron chi connectivity index (χ2n) is 25.3. The Balaban J connectivity index is 0.000000198. The van der Waals surface area contributed by atoms with Gasteiger partial charge in [-0.3, -0.25) is 33.5 Å². The summed E-state index contributed by atoms with van der Waals surface area (Å²) in [5, 5.41) is 6.85. The molecule has 2 fully saturated rings. The highest BCUT2D eigenvalue weighted by molar-refractivity contribution is 7.74. The predicted octanol–water partition coefficient (Wildman–Crippen LogP) is 13.7. The number of likely N-dealkylation sites (tertiary alicyclic amines) is 2. The third-order valence-corrected chi connectivity index (χ3v) is 18.1. The number of hydrogen-bond acceptors (Lipinski definition) is 16. The van der Waals surface area contributed by atoms with Gasteiger partial charge in [-0.15, -0.1) is 0 Å². The van der Waals surface area contributed by atoms with Crippen molar-refractivity contribution in [1.82, 2.24) is 39.4 Å². The highest BCUT2D eigenvalue weighted by atomic mass is 31.2. The fraction of sp³-hybridized carbons (Fsp3) is 0.361. The van der Waals surface area contributed by atoms with E-state index in [0.29, 0.717) is 92.7 Å². The number of aryl methyl sites for hydroxylation is 2. The Labute approximate surface area is 555 Å². The molecule has 4 aromatic carbocycles. The van der Waals surface area contributed by atoms with Crippen molar-refractivity contribution in [2.75, 3.05) is 29.6 Å². The average Bonchev–Trinajstić information content (AvgIpc) is 1.67. The number of hydrogen-bond donors (Lipinski definition) is 5. The zero-order chi connectivity index (χ0) is 68.6. The number of aromatic amines is 1. The summed E-state index contributed by atoms with van der Waals surface area (Å²) in [6.07, 6.45) is 11.1. The van der Waals surface area contributed by atoms with Gasteiger partial charge in [0.2, 0.25) is 0 Å². The normalized spacial score (nSPS) is 15.1. The van der Waals surface area contributed by atoms with Gasteiger partial charge in [-0.2, -0.15) is 0 Å². The molecule has 0 bridgehead atoms. The number of nitrogen functional groups attached to an aromatic ring is 1. The summed E-state index contributed by atoms with van der Waals surface area (Å²) in [5.74, 6) is 12.7. The van der Waals surface area contributed by atoms with Crippen molar-refractivity contribution in [3.05, 3.63) is 191 Å². The standard InChI is InChI=1S/C30H38N6O4.C30H37N5O4.C12H12NO2P/c1-6-20-15-16-32-24(18-20)33-28(38)22-13-11-21(12-14-22)25-26(19(2)37)36(31)27(34-25)23-10-8-7-9-17-35(23)29(39)40-30(3,4)5;1-6-20-15-16-31-24(18-20)32-28(37)22-13-11-21(12-14-22)26-25(19(2)36)33-27(34-26)23-10-8-7-9-17-35(23)29(38)39-30(3,4)5;13-15-16(14,11-7-3-1-4-8-11)12-9-5-2-6-10-12/h11-16,18,23H,6-10,17,31H2,1-5H3,(H,32,33,38);11-16,18,23H,6-10,17H2,1-5H3,(H,33,34)(H,31,32,37);1-10H,13H2. The van der Waals surface area contributed by atoms with Gasteiger partial charge in [-0.25, -0.2) is 44.7 Å². The number of pyridine rings is 2. The molecule has 2 atom stereocenters. The van der Waals surface area contributed by atoms with Crippen LogP contribution in [0.25, 0.3) is 22.5 Å². The molecule has 23 heteroatoms. The molecule has 8 aromatic rings. The summed E-state index contributed by atoms with van der Waals surface area (Å²) in [6, 6.07) is 38.5.